The standard InChI is InChI=1S/C37H28O2P/c1-38-37-36(26-35(39-37)34-25-27-15-11-12-22-31(27)32-23-13-14-24-33(32)34)40(28-16-5-2-6-17-28,29-18-7-3-8-19-29)30-20-9-4-10-21-30/h2-26H,1H3/q+1. The summed E-state index contributed by atoms with van der Waals surface area (Å²) in [5.41, 5.74) is 1.06. The SMILES string of the molecule is COc1oc(-c2cc3ccccc3c3ccccc23)cc1[P+](c1ccccc1)(c1ccccc1)c1ccccc1. The highest BCUT2D eigenvalue weighted by molar-refractivity contribution is 8.01. The highest BCUT2D eigenvalue weighted by Gasteiger charge is 2.52. The summed E-state index contributed by atoms with van der Waals surface area (Å²) in [7, 11) is -0.678. The number of hydrogen-bond acceptors (Lipinski definition) is 2. The molecule has 1 heterocycles. The van der Waals surface area contributed by atoms with E-state index in [1.807, 2.05) is 0 Å². The molecule has 0 amide bonds. The zero-order chi connectivity index (χ0) is 26.9. The molecule has 0 aliphatic carbocycles. The second-order valence-corrected chi connectivity index (χ2v) is 13.2. The van der Waals surface area contributed by atoms with Crippen molar-refractivity contribution in [3.8, 4) is 17.3 Å². The van der Waals surface area contributed by atoms with Gasteiger partial charge in [-0.1, -0.05) is 103 Å². The number of furan rings is 1. The fraction of sp³-hybridized carbons (Fsp3) is 0.0270. The number of fused-ring (bicyclic) bond motifs is 3. The van der Waals surface area contributed by atoms with E-state index in [1.54, 1.807) is 7.11 Å². The van der Waals surface area contributed by atoms with Crippen LogP contribution in [0.4, 0.5) is 0 Å². The van der Waals surface area contributed by atoms with Gasteiger partial charge in [0.2, 0.25) is 0 Å². The Hall–Kier alpha value is -4.65. The Morgan fingerprint density at radius 2 is 0.975 bits per heavy atom. The molecule has 3 heteroatoms. The molecule has 7 aromatic rings. The van der Waals surface area contributed by atoms with Crippen molar-refractivity contribution in [2.75, 3.05) is 7.11 Å². The second kappa shape index (κ2) is 10.2. The fourth-order valence-electron chi connectivity index (χ4n) is 5.95. The molecule has 0 aliphatic heterocycles. The lowest BCUT2D eigenvalue weighted by molar-refractivity contribution is 0.312. The zero-order valence-electron chi connectivity index (χ0n) is 22.2. The summed E-state index contributed by atoms with van der Waals surface area (Å²) in [6.07, 6.45) is 0. The minimum Gasteiger partial charge on any atom is -0.466 e. The van der Waals surface area contributed by atoms with E-state index in [-0.39, 0.29) is 0 Å². The van der Waals surface area contributed by atoms with E-state index < -0.39 is 7.26 Å². The second-order valence-electron chi connectivity index (χ2n) is 9.86. The van der Waals surface area contributed by atoms with Gasteiger partial charge in [0.15, 0.2) is 12.6 Å². The summed E-state index contributed by atoms with van der Waals surface area (Å²) >= 11 is 0. The van der Waals surface area contributed by atoms with E-state index in [0.717, 1.165) is 22.0 Å². The lowest BCUT2D eigenvalue weighted by atomic mass is 9.96. The fourth-order valence-corrected chi connectivity index (χ4v) is 10.3. The third-order valence-electron chi connectivity index (χ3n) is 7.69. The van der Waals surface area contributed by atoms with Crippen LogP contribution < -0.4 is 26.0 Å². The minimum atomic E-state index is -2.39. The summed E-state index contributed by atoms with van der Waals surface area (Å²) < 4.78 is 12.8. The van der Waals surface area contributed by atoms with Crippen LogP contribution in [-0.2, 0) is 0 Å². The van der Waals surface area contributed by atoms with Crippen LogP contribution >= 0.6 is 7.26 Å². The van der Waals surface area contributed by atoms with Crippen molar-refractivity contribution in [2.45, 2.75) is 0 Å². The van der Waals surface area contributed by atoms with Crippen molar-refractivity contribution < 1.29 is 9.15 Å². The van der Waals surface area contributed by atoms with Crippen molar-refractivity contribution in [3.63, 3.8) is 0 Å². The van der Waals surface area contributed by atoms with Crippen molar-refractivity contribution in [1.29, 1.82) is 0 Å². The third kappa shape index (κ3) is 3.84. The zero-order valence-corrected chi connectivity index (χ0v) is 23.1. The van der Waals surface area contributed by atoms with Crippen LogP contribution in [0, 0.1) is 0 Å². The third-order valence-corrected chi connectivity index (χ3v) is 11.9. The molecule has 0 aliphatic rings. The molecule has 0 radical (unpaired) electrons. The summed E-state index contributed by atoms with van der Waals surface area (Å²) in [6.45, 7) is 0. The van der Waals surface area contributed by atoms with Crippen molar-refractivity contribution in [1.82, 2.24) is 0 Å². The van der Waals surface area contributed by atoms with Crippen molar-refractivity contribution in [2.24, 2.45) is 0 Å². The summed E-state index contributed by atoms with van der Waals surface area (Å²) in [5.74, 6) is 1.36. The Morgan fingerprint density at radius 3 is 1.52 bits per heavy atom. The molecule has 0 fully saturated rings. The van der Waals surface area contributed by atoms with Crippen LogP contribution in [0.5, 0.6) is 5.95 Å². The molecule has 0 atom stereocenters. The number of benzene rings is 6. The lowest BCUT2D eigenvalue weighted by Crippen LogP contribution is -2.38. The number of hydrogen-bond donors (Lipinski definition) is 0. The summed E-state index contributed by atoms with van der Waals surface area (Å²) in [4.78, 5) is 0. The Morgan fingerprint density at radius 1 is 0.500 bits per heavy atom. The molecule has 0 saturated heterocycles. The van der Waals surface area contributed by atoms with Crippen LogP contribution in [-0.4, -0.2) is 7.11 Å². The lowest BCUT2D eigenvalue weighted by Gasteiger charge is -2.26. The number of rotatable bonds is 6. The first kappa shape index (κ1) is 24.4. The van der Waals surface area contributed by atoms with Crippen LogP contribution in [0.1, 0.15) is 0 Å². The van der Waals surface area contributed by atoms with Crippen LogP contribution in [0.25, 0.3) is 32.9 Å². The molecular formula is C37H28O2P+. The van der Waals surface area contributed by atoms with Crippen LogP contribution in [0.15, 0.2) is 156 Å². The van der Waals surface area contributed by atoms with Gasteiger partial charge in [-0.05, 0) is 64.0 Å². The molecule has 7 rings (SSSR count). The van der Waals surface area contributed by atoms with E-state index in [4.69, 9.17) is 9.15 Å². The summed E-state index contributed by atoms with van der Waals surface area (Å²) in [6, 6.07) is 54.0. The smallest absolute Gasteiger partial charge is 0.330 e. The highest BCUT2D eigenvalue weighted by atomic mass is 31.2. The average molecular weight is 536 g/mol. The van der Waals surface area contributed by atoms with Gasteiger partial charge >= 0.3 is 5.95 Å². The molecule has 40 heavy (non-hydrogen) atoms. The van der Waals surface area contributed by atoms with E-state index in [2.05, 4.69) is 152 Å². The van der Waals surface area contributed by atoms with Gasteiger partial charge < -0.3 is 9.15 Å². The highest BCUT2D eigenvalue weighted by Crippen LogP contribution is 2.57. The van der Waals surface area contributed by atoms with Gasteiger partial charge in [0.25, 0.3) is 0 Å². The Balaban J connectivity index is 1.58. The molecule has 0 bridgehead atoms. The first-order chi connectivity index (χ1) is 19.8. The van der Waals surface area contributed by atoms with Gasteiger partial charge in [0.05, 0.1) is 7.11 Å². The predicted octanol–water partition coefficient (Wildman–Crippen LogP) is 7.88. The van der Waals surface area contributed by atoms with Crippen LogP contribution in [0.3, 0.4) is 0 Å². The molecular weight excluding hydrogens is 507 g/mol. The Labute approximate surface area is 234 Å². The minimum absolute atomic E-state index is 0.553. The van der Waals surface area contributed by atoms with Gasteiger partial charge in [-0.3, -0.25) is 0 Å². The Kier molecular flexibility index (Phi) is 6.19. The molecule has 0 unspecified atom stereocenters. The van der Waals surface area contributed by atoms with Crippen molar-refractivity contribution in [3.05, 3.63) is 152 Å². The molecule has 0 saturated carbocycles. The molecule has 1 aromatic heterocycles. The van der Waals surface area contributed by atoms with Gasteiger partial charge in [0, 0.05) is 11.6 Å². The Bertz CT molecular complexity index is 1830. The largest absolute Gasteiger partial charge is 0.466 e. The molecule has 6 aromatic carbocycles. The van der Waals surface area contributed by atoms with Crippen LogP contribution in [0.2, 0.25) is 0 Å². The molecule has 192 valence electrons. The van der Waals surface area contributed by atoms with E-state index >= 15 is 0 Å². The predicted molar refractivity (Wildman–Crippen MR) is 170 cm³/mol. The van der Waals surface area contributed by atoms with Gasteiger partial charge in [-0.15, -0.1) is 0 Å². The first-order valence-electron chi connectivity index (χ1n) is 13.5. The maximum absolute atomic E-state index is 6.68. The number of methoxy groups -OCH3 is 1. The van der Waals surface area contributed by atoms with Crippen molar-refractivity contribution >= 4 is 50.0 Å². The molecule has 0 N–H and O–H groups in total. The quantitative estimate of drug-likeness (QED) is 0.160. The normalized spacial score (nSPS) is 11.6. The topological polar surface area (TPSA) is 22.4 Å². The first-order valence-corrected chi connectivity index (χ1v) is 15.2. The van der Waals surface area contributed by atoms with Gasteiger partial charge in [0.1, 0.15) is 21.7 Å². The maximum atomic E-state index is 6.68. The molecule has 2 nitrogen and oxygen atoms in total. The maximum Gasteiger partial charge on any atom is 0.330 e. The monoisotopic (exact) mass is 535 g/mol. The van der Waals surface area contributed by atoms with Gasteiger partial charge in [-0.25, -0.2) is 0 Å². The summed E-state index contributed by atoms with van der Waals surface area (Å²) in [5, 5.41) is 9.62. The van der Waals surface area contributed by atoms with E-state index in [9.17, 15) is 0 Å². The van der Waals surface area contributed by atoms with E-state index in [1.165, 1.54) is 32.1 Å². The van der Waals surface area contributed by atoms with E-state index in [0.29, 0.717) is 5.95 Å². The molecule has 0 spiro atoms. The average Bonchev–Trinajstić information content (AvgIpc) is 3.47. The van der Waals surface area contributed by atoms with Gasteiger partial charge in [-0.2, -0.15) is 0 Å². The number of ether oxygens (including phenoxy) is 1.